The maximum Gasteiger partial charge on any atom is 0.338 e. The van der Waals surface area contributed by atoms with E-state index in [1.165, 1.54) is 11.8 Å². The zero-order chi connectivity index (χ0) is 50.9. The number of esters is 5. The van der Waals surface area contributed by atoms with E-state index < -0.39 is 104 Å². The van der Waals surface area contributed by atoms with Gasteiger partial charge in [-0.1, -0.05) is 128 Å². The lowest BCUT2D eigenvalue weighted by Gasteiger charge is -2.46. The fourth-order valence-corrected chi connectivity index (χ4v) is 8.90. The van der Waals surface area contributed by atoms with E-state index in [4.69, 9.17) is 47.4 Å². The first-order valence-electron chi connectivity index (χ1n) is 23.8. The predicted molar refractivity (Wildman–Crippen MR) is 266 cm³/mol. The highest BCUT2D eigenvalue weighted by atomic mass is 32.2. The zero-order valence-electron chi connectivity index (χ0n) is 40.0. The summed E-state index contributed by atoms with van der Waals surface area (Å²) in [7, 11) is 0. The Bertz CT molecular complexity index is 2700. The monoisotopic (exact) mass is 1010 g/mol. The lowest BCUT2D eigenvalue weighted by atomic mass is 9.98. The molecule has 8 rings (SSSR count). The molecule has 6 aromatic carbocycles. The van der Waals surface area contributed by atoms with Crippen LogP contribution >= 0.6 is 11.8 Å². The maximum absolute atomic E-state index is 14.4. The standard InChI is InChI=1S/C57H54O15S/c1-3-73-57-49(71-54(62)42-30-18-8-19-31-42)48(70-53(61)41-28-16-7-17-29-41)47(45(69-57)35-63-50(58)38-22-10-4-11-23-38)72-56(68-44-34-65-55(66-37(44)2)43-32-20-9-21-33-43)46(67-52(60)40-26-14-6-15-27-40)36-64-51(59)39-24-12-5-13-25-39/h4-33,37,44-49,55-57H,3,34-36H2,1-2H3/t37-,44?,45?,46+,47?,48?,49?,55?,56?,57?/m1/s1. The van der Waals surface area contributed by atoms with Gasteiger partial charge in [0, 0.05) is 5.56 Å². The lowest BCUT2D eigenvalue weighted by Crippen LogP contribution is -2.63. The van der Waals surface area contributed by atoms with E-state index in [-0.39, 0.29) is 34.4 Å². The fourth-order valence-electron chi connectivity index (χ4n) is 7.95. The molecule has 0 amide bonds. The summed E-state index contributed by atoms with van der Waals surface area (Å²) in [5.74, 6) is -3.44. The molecule has 16 heteroatoms. The van der Waals surface area contributed by atoms with Crippen LogP contribution in [0.5, 0.6) is 0 Å². The molecular formula is C57H54O15S. The van der Waals surface area contributed by atoms with Gasteiger partial charge in [0.2, 0.25) is 0 Å². The number of hydrogen-bond donors (Lipinski definition) is 0. The molecule has 0 aliphatic carbocycles. The van der Waals surface area contributed by atoms with Gasteiger partial charge in [-0.05, 0) is 73.3 Å². The molecule has 2 aliphatic rings. The molecule has 73 heavy (non-hydrogen) atoms. The summed E-state index contributed by atoms with van der Waals surface area (Å²) in [6.07, 6.45) is -11.6. The molecule has 2 saturated heterocycles. The molecular weight excluding hydrogens is 957 g/mol. The molecule has 2 aliphatic heterocycles. The minimum atomic E-state index is -1.75. The van der Waals surface area contributed by atoms with E-state index in [1.807, 2.05) is 37.3 Å². The van der Waals surface area contributed by atoms with Crippen molar-refractivity contribution in [3.05, 3.63) is 215 Å². The maximum atomic E-state index is 14.4. The molecule has 0 bridgehead atoms. The Kier molecular flexibility index (Phi) is 18.6. The number of ether oxygens (including phenoxy) is 10. The van der Waals surface area contributed by atoms with E-state index in [0.29, 0.717) is 5.75 Å². The van der Waals surface area contributed by atoms with Gasteiger partial charge in [-0.25, -0.2) is 24.0 Å². The van der Waals surface area contributed by atoms with E-state index >= 15 is 0 Å². The van der Waals surface area contributed by atoms with Crippen molar-refractivity contribution in [2.75, 3.05) is 25.6 Å². The second-order valence-corrected chi connectivity index (χ2v) is 18.1. The minimum absolute atomic E-state index is 0.0675. The third-order valence-electron chi connectivity index (χ3n) is 11.7. The Morgan fingerprint density at radius 2 is 0.986 bits per heavy atom. The van der Waals surface area contributed by atoms with Crippen LogP contribution in [-0.4, -0.2) is 110 Å². The normalized spacial score (nSPS) is 22.4. The summed E-state index contributed by atoms with van der Waals surface area (Å²) in [6.45, 7) is 2.44. The van der Waals surface area contributed by atoms with Gasteiger partial charge in [0.25, 0.3) is 0 Å². The molecule has 2 heterocycles. The van der Waals surface area contributed by atoms with Crippen molar-refractivity contribution in [3.8, 4) is 0 Å². The molecule has 15 nitrogen and oxygen atoms in total. The molecule has 10 atom stereocenters. The summed E-state index contributed by atoms with van der Waals surface area (Å²) in [5.41, 5.74) is 0.667. The number of hydrogen-bond acceptors (Lipinski definition) is 16. The number of carbonyl (C=O) groups is 5. The van der Waals surface area contributed by atoms with Crippen LogP contribution in [-0.2, 0) is 47.4 Å². The molecule has 0 N–H and O–H groups in total. The first-order valence-corrected chi connectivity index (χ1v) is 24.8. The second kappa shape index (κ2) is 26.0. The van der Waals surface area contributed by atoms with Gasteiger partial charge >= 0.3 is 29.8 Å². The van der Waals surface area contributed by atoms with Crippen LogP contribution in [0.1, 0.15) is 77.5 Å². The highest BCUT2D eigenvalue weighted by Crippen LogP contribution is 2.37. The van der Waals surface area contributed by atoms with Crippen LogP contribution in [0.25, 0.3) is 0 Å². The summed E-state index contributed by atoms with van der Waals surface area (Å²) in [5, 5.41) is 0. The minimum Gasteiger partial charge on any atom is -0.459 e. The lowest BCUT2D eigenvalue weighted by molar-refractivity contribution is -0.329. The second-order valence-electron chi connectivity index (χ2n) is 16.8. The highest BCUT2D eigenvalue weighted by molar-refractivity contribution is 7.99. The van der Waals surface area contributed by atoms with Gasteiger partial charge in [0.1, 0.15) is 37.0 Å². The molecule has 0 radical (unpaired) electrons. The predicted octanol–water partition coefficient (Wildman–Crippen LogP) is 9.09. The van der Waals surface area contributed by atoms with Gasteiger partial charge in [-0.15, -0.1) is 11.8 Å². The van der Waals surface area contributed by atoms with Crippen molar-refractivity contribution in [1.82, 2.24) is 0 Å². The Morgan fingerprint density at radius 1 is 0.534 bits per heavy atom. The number of rotatable bonds is 20. The summed E-state index contributed by atoms with van der Waals surface area (Å²) in [4.78, 5) is 70.0. The van der Waals surface area contributed by atoms with Gasteiger partial charge in [-0.2, -0.15) is 0 Å². The quantitative estimate of drug-likeness (QED) is 0.0401. The smallest absolute Gasteiger partial charge is 0.338 e. The summed E-state index contributed by atoms with van der Waals surface area (Å²) >= 11 is 1.25. The number of carbonyl (C=O) groups excluding carboxylic acids is 5. The third-order valence-corrected chi connectivity index (χ3v) is 12.8. The number of thioether (sulfide) groups is 1. The van der Waals surface area contributed by atoms with Crippen molar-refractivity contribution in [2.24, 2.45) is 0 Å². The van der Waals surface area contributed by atoms with Crippen LogP contribution in [0, 0.1) is 0 Å². The van der Waals surface area contributed by atoms with Crippen molar-refractivity contribution < 1.29 is 71.3 Å². The van der Waals surface area contributed by atoms with E-state index in [0.717, 1.165) is 5.56 Å². The van der Waals surface area contributed by atoms with Crippen molar-refractivity contribution >= 4 is 41.6 Å². The molecule has 0 aromatic heterocycles. The molecule has 6 aromatic rings. The van der Waals surface area contributed by atoms with Crippen LogP contribution in [0.3, 0.4) is 0 Å². The van der Waals surface area contributed by atoms with Crippen LogP contribution in [0.4, 0.5) is 0 Å². The molecule has 378 valence electrons. The average Bonchev–Trinajstić information content (AvgIpc) is 3.44. The molecule has 8 unspecified atom stereocenters. The van der Waals surface area contributed by atoms with Crippen molar-refractivity contribution in [3.63, 3.8) is 0 Å². The SMILES string of the molecule is CCSC1OC(COC(=O)c2ccccc2)C(OC(OC2COC(c3ccccc3)O[C@@H]2C)[C@H](COC(=O)c2ccccc2)OC(=O)c2ccccc2)C(OC(=O)c2ccccc2)C1OC(=O)c1ccccc1. The van der Waals surface area contributed by atoms with E-state index in [1.54, 1.807) is 159 Å². The van der Waals surface area contributed by atoms with Gasteiger partial charge in [-0.3, -0.25) is 0 Å². The van der Waals surface area contributed by atoms with E-state index in [2.05, 4.69) is 0 Å². The first kappa shape index (κ1) is 52.2. The van der Waals surface area contributed by atoms with Crippen molar-refractivity contribution in [1.29, 1.82) is 0 Å². The molecule has 2 fully saturated rings. The Hall–Kier alpha value is -7.18. The Balaban J connectivity index is 1.22. The zero-order valence-corrected chi connectivity index (χ0v) is 40.8. The average molecular weight is 1010 g/mol. The van der Waals surface area contributed by atoms with Gasteiger partial charge in [0.05, 0.1) is 40.5 Å². The third kappa shape index (κ3) is 14.1. The van der Waals surface area contributed by atoms with Crippen LogP contribution < -0.4 is 0 Å². The Labute approximate surface area is 426 Å². The van der Waals surface area contributed by atoms with Crippen LogP contribution in [0.15, 0.2) is 182 Å². The highest BCUT2D eigenvalue weighted by Gasteiger charge is 2.54. The van der Waals surface area contributed by atoms with Crippen LogP contribution in [0.2, 0.25) is 0 Å². The summed E-state index contributed by atoms with van der Waals surface area (Å²) < 4.78 is 63.9. The van der Waals surface area contributed by atoms with Gasteiger partial charge < -0.3 is 47.4 Å². The van der Waals surface area contributed by atoms with E-state index in [9.17, 15) is 24.0 Å². The van der Waals surface area contributed by atoms with Crippen molar-refractivity contribution in [2.45, 2.75) is 74.6 Å². The fraction of sp³-hybridized carbons (Fsp3) is 0.281. The topological polar surface area (TPSA) is 178 Å². The first-order chi connectivity index (χ1) is 35.6. The number of benzene rings is 6. The van der Waals surface area contributed by atoms with Gasteiger partial charge in [0.15, 0.2) is 30.9 Å². The molecule has 0 spiro atoms. The largest absolute Gasteiger partial charge is 0.459 e. The summed E-state index contributed by atoms with van der Waals surface area (Å²) in [6, 6.07) is 50.3. The molecule has 0 saturated carbocycles. The Morgan fingerprint density at radius 3 is 1.48 bits per heavy atom.